The molecule has 1 aliphatic rings. The topological polar surface area (TPSA) is 66.5 Å². The Hall–Kier alpha value is -2.57. The maximum absolute atomic E-state index is 13.2. The predicted octanol–water partition coefficient (Wildman–Crippen LogP) is 4.64. The molecule has 0 bridgehead atoms. The summed E-state index contributed by atoms with van der Waals surface area (Å²) in [5.41, 5.74) is 2.90. The van der Waals surface area contributed by atoms with E-state index in [-0.39, 0.29) is 17.7 Å². The Morgan fingerprint density at radius 2 is 1.79 bits per heavy atom. The molecular weight excluding hydrogens is 396 g/mol. The smallest absolute Gasteiger partial charge is 0.272 e. The number of rotatable bonds is 5. The lowest BCUT2D eigenvalue weighted by atomic mass is 10.1. The Labute approximate surface area is 172 Å². The molecule has 3 rings (SSSR count). The van der Waals surface area contributed by atoms with E-state index in [4.69, 9.17) is 11.6 Å². The first-order valence-electron chi connectivity index (χ1n) is 8.73. The van der Waals surface area contributed by atoms with Crippen LogP contribution in [0.2, 0.25) is 5.02 Å². The van der Waals surface area contributed by atoms with Crippen LogP contribution < -0.4 is 10.2 Å². The van der Waals surface area contributed by atoms with Gasteiger partial charge in [0.1, 0.15) is 0 Å². The SMILES string of the molecule is CCSC1=C(c2ccc(NC(C)=O)cc2)C(=O)N(c2cc(Cl)ccc2C)C1=O. The fourth-order valence-corrected chi connectivity index (χ4v) is 4.03. The molecule has 5 nitrogen and oxygen atoms in total. The number of imide groups is 1. The molecule has 3 amide bonds. The van der Waals surface area contributed by atoms with Crippen molar-refractivity contribution in [3.63, 3.8) is 0 Å². The second-order valence-corrected chi connectivity index (χ2v) is 7.98. The third-order valence-electron chi connectivity index (χ3n) is 4.24. The van der Waals surface area contributed by atoms with E-state index in [1.165, 1.54) is 23.6 Å². The zero-order valence-electron chi connectivity index (χ0n) is 15.7. The molecule has 1 aliphatic heterocycles. The van der Waals surface area contributed by atoms with Gasteiger partial charge in [-0.05, 0) is 48.1 Å². The quantitative estimate of drug-likeness (QED) is 0.723. The fraction of sp³-hybridized carbons (Fsp3) is 0.190. The van der Waals surface area contributed by atoms with Crippen LogP contribution in [-0.2, 0) is 14.4 Å². The molecule has 2 aromatic rings. The summed E-state index contributed by atoms with van der Waals surface area (Å²) < 4.78 is 0. The lowest BCUT2D eigenvalue weighted by molar-refractivity contribution is -0.120. The lowest BCUT2D eigenvalue weighted by Gasteiger charge is -2.18. The zero-order chi connectivity index (χ0) is 20.4. The summed E-state index contributed by atoms with van der Waals surface area (Å²) in [6.07, 6.45) is 0. The number of aryl methyl sites for hydroxylation is 1. The minimum absolute atomic E-state index is 0.177. The van der Waals surface area contributed by atoms with Gasteiger partial charge in [-0.3, -0.25) is 14.4 Å². The third kappa shape index (κ3) is 3.84. The molecule has 0 aliphatic carbocycles. The Balaban J connectivity index is 2.05. The molecule has 7 heteroatoms. The minimum atomic E-state index is -0.376. The first kappa shape index (κ1) is 20.2. The Morgan fingerprint density at radius 3 is 2.39 bits per heavy atom. The van der Waals surface area contributed by atoms with Crippen LogP contribution >= 0.6 is 23.4 Å². The van der Waals surface area contributed by atoms with Crippen LogP contribution in [0, 0.1) is 6.92 Å². The summed E-state index contributed by atoms with van der Waals surface area (Å²) in [4.78, 5) is 39.2. The van der Waals surface area contributed by atoms with E-state index in [1.807, 2.05) is 13.8 Å². The summed E-state index contributed by atoms with van der Waals surface area (Å²) in [5.74, 6) is -0.241. The lowest BCUT2D eigenvalue weighted by Crippen LogP contribution is -2.32. The van der Waals surface area contributed by atoms with Gasteiger partial charge in [-0.25, -0.2) is 4.90 Å². The highest BCUT2D eigenvalue weighted by molar-refractivity contribution is 8.04. The highest BCUT2D eigenvalue weighted by Crippen LogP contribution is 2.40. The Bertz CT molecular complexity index is 999. The number of halogens is 1. The molecule has 0 fully saturated rings. The van der Waals surface area contributed by atoms with Gasteiger partial charge < -0.3 is 5.32 Å². The number of amides is 3. The molecule has 28 heavy (non-hydrogen) atoms. The van der Waals surface area contributed by atoms with Crippen molar-refractivity contribution in [3.8, 4) is 0 Å². The van der Waals surface area contributed by atoms with Crippen LogP contribution in [0.25, 0.3) is 5.57 Å². The van der Waals surface area contributed by atoms with Crippen LogP contribution in [-0.4, -0.2) is 23.5 Å². The molecule has 144 valence electrons. The summed E-state index contributed by atoms with van der Waals surface area (Å²) in [6.45, 7) is 5.19. The molecule has 0 saturated carbocycles. The maximum atomic E-state index is 13.2. The van der Waals surface area contributed by atoms with E-state index in [0.29, 0.717) is 38.2 Å². The molecule has 0 spiro atoms. The number of carbonyl (C=O) groups is 3. The second-order valence-electron chi connectivity index (χ2n) is 6.27. The maximum Gasteiger partial charge on any atom is 0.272 e. The molecule has 0 unspecified atom stereocenters. The monoisotopic (exact) mass is 414 g/mol. The van der Waals surface area contributed by atoms with E-state index in [1.54, 1.807) is 42.5 Å². The van der Waals surface area contributed by atoms with Gasteiger partial charge in [-0.15, -0.1) is 11.8 Å². The van der Waals surface area contributed by atoms with E-state index in [2.05, 4.69) is 5.32 Å². The van der Waals surface area contributed by atoms with Crippen molar-refractivity contribution < 1.29 is 14.4 Å². The number of nitrogens with zero attached hydrogens (tertiary/aromatic N) is 1. The number of hydrogen-bond donors (Lipinski definition) is 1. The highest BCUT2D eigenvalue weighted by Gasteiger charge is 2.40. The summed E-state index contributed by atoms with van der Waals surface area (Å²) >= 11 is 7.44. The molecule has 0 aromatic heterocycles. The van der Waals surface area contributed by atoms with Crippen LogP contribution in [0.3, 0.4) is 0 Å². The van der Waals surface area contributed by atoms with Gasteiger partial charge in [0.25, 0.3) is 11.8 Å². The molecule has 1 heterocycles. The fourth-order valence-electron chi connectivity index (χ4n) is 3.01. The van der Waals surface area contributed by atoms with Crippen molar-refractivity contribution in [2.24, 2.45) is 0 Å². The van der Waals surface area contributed by atoms with Gasteiger partial charge >= 0.3 is 0 Å². The first-order chi connectivity index (χ1) is 13.3. The number of hydrogen-bond acceptors (Lipinski definition) is 4. The number of nitrogens with one attached hydrogen (secondary N) is 1. The van der Waals surface area contributed by atoms with Crippen LogP contribution in [0.4, 0.5) is 11.4 Å². The van der Waals surface area contributed by atoms with Gasteiger partial charge in [-0.2, -0.15) is 0 Å². The molecule has 2 aromatic carbocycles. The van der Waals surface area contributed by atoms with Gasteiger partial charge in [0.05, 0.1) is 16.2 Å². The summed E-state index contributed by atoms with van der Waals surface area (Å²) in [6, 6.07) is 12.0. The van der Waals surface area contributed by atoms with Crippen molar-refractivity contribution in [2.45, 2.75) is 20.8 Å². The highest BCUT2D eigenvalue weighted by atomic mass is 35.5. The van der Waals surface area contributed by atoms with E-state index >= 15 is 0 Å². The predicted molar refractivity (Wildman–Crippen MR) is 114 cm³/mol. The summed E-state index contributed by atoms with van der Waals surface area (Å²) in [7, 11) is 0. The molecular formula is C21H19ClN2O3S. The van der Waals surface area contributed by atoms with Gasteiger partial charge in [0.15, 0.2) is 0 Å². The van der Waals surface area contributed by atoms with E-state index < -0.39 is 0 Å². The van der Waals surface area contributed by atoms with Crippen LogP contribution in [0.5, 0.6) is 0 Å². The number of anilines is 2. The minimum Gasteiger partial charge on any atom is -0.326 e. The number of benzene rings is 2. The third-order valence-corrected chi connectivity index (χ3v) is 5.43. The Morgan fingerprint density at radius 1 is 1.11 bits per heavy atom. The average molecular weight is 415 g/mol. The van der Waals surface area contributed by atoms with E-state index in [0.717, 1.165) is 5.56 Å². The van der Waals surface area contributed by atoms with Crippen molar-refractivity contribution in [1.82, 2.24) is 0 Å². The molecule has 1 N–H and O–H groups in total. The standard InChI is InChI=1S/C21H19ClN2O3S/c1-4-28-19-18(14-6-9-16(10-7-14)23-13(3)25)20(26)24(21(19)27)17-11-15(22)8-5-12(17)2/h5-11H,4H2,1-3H3,(H,23,25). The van der Waals surface area contributed by atoms with E-state index in [9.17, 15) is 14.4 Å². The van der Waals surface area contributed by atoms with Crippen LogP contribution in [0.1, 0.15) is 25.0 Å². The zero-order valence-corrected chi connectivity index (χ0v) is 17.3. The number of carbonyl (C=O) groups excluding carboxylic acids is 3. The van der Waals surface area contributed by atoms with Gasteiger partial charge in [0, 0.05) is 17.6 Å². The first-order valence-corrected chi connectivity index (χ1v) is 10.1. The normalized spacial score (nSPS) is 14.1. The molecule has 0 radical (unpaired) electrons. The average Bonchev–Trinajstić information content (AvgIpc) is 2.88. The van der Waals surface area contributed by atoms with Crippen molar-refractivity contribution >= 4 is 58.0 Å². The number of thioether (sulfide) groups is 1. The second kappa shape index (κ2) is 8.20. The Kier molecular flexibility index (Phi) is 5.91. The van der Waals surface area contributed by atoms with Crippen molar-refractivity contribution in [1.29, 1.82) is 0 Å². The largest absolute Gasteiger partial charge is 0.326 e. The van der Waals surface area contributed by atoms with Crippen molar-refractivity contribution in [2.75, 3.05) is 16.0 Å². The summed E-state index contributed by atoms with van der Waals surface area (Å²) in [5, 5.41) is 3.15. The van der Waals surface area contributed by atoms with Gasteiger partial charge in [0.2, 0.25) is 5.91 Å². The van der Waals surface area contributed by atoms with Gasteiger partial charge in [-0.1, -0.05) is 36.7 Å². The molecule has 0 atom stereocenters. The molecule has 0 saturated heterocycles. The van der Waals surface area contributed by atoms with Crippen molar-refractivity contribution in [3.05, 3.63) is 63.5 Å². The van der Waals surface area contributed by atoms with Crippen LogP contribution in [0.15, 0.2) is 47.4 Å².